The van der Waals surface area contributed by atoms with Gasteiger partial charge in [-0.25, -0.2) is 4.79 Å². The summed E-state index contributed by atoms with van der Waals surface area (Å²) in [7, 11) is 0. The van der Waals surface area contributed by atoms with Crippen molar-refractivity contribution in [3.8, 4) is 0 Å². The first-order valence-corrected chi connectivity index (χ1v) is 10.3. The summed E-state index contributed by atoms with van der Waals surface area (Å²) in [5, 5.41) is 2.89. The molecule has 0 bridgehead atoms. The zero-order valence-electron chi connectivity index (χ0n) is 16.5. The summed E-state index contributed by atoms with van der Waals surface area (Å²) in [5.41, 5.74) is 7.02. The highest BCUT2D eigenvalue weighted by Gasteiger charge is 2.26. The van der Waals surface area contributed by atoms with Crippen LogP contribution < -0.4 is 5.32 Å². The number of aryl methyl sites for hydroxylation is 1. The lowest BCUT2D eigenvalue weighted by molar-refractivity contribution is -0.110. The van der Waals surface area contributed by atoms with Crippen molar-refractivity contribution >= 4 is 29.2 Å². The number of anilines is 1. The zero-order chi connectivity index (χ0) is 20.5. The highest BCUT2D eigenvalue weighted by atomic mass is 16.5. The lowest BCUT2D eigenvalue weighted by Gasteiger charge is -2.11. The molecule has 0 unspecified atom stereocenters. The molecule has 3 aromatic rings. The fourth-order valence-corrected chi connectivity index (χ4v) is 4.18. The Hall–Kier alpha value is -3.60. The summed E-state index contributed by atoms with van der Waals surface area (Å²) in [6.07, 6.45) is 8.35. The van der Waals surface area contributed by atoms with Gasteiger partial charge < -0.3 is 15.0 Å². The van der Waals surface area contributed by atoms with E-state index in [2.05, 4.69) is 10.3 Å². The molecule has 5 rings (SSSR count). The molecule has 150 valence electrons. The van der Waals surface area contributed by atoms with Crippen LogP contribution in [0.3, 0.4) is 0 Å². The molecule has 1 aliphatic carbocycles. The number of hydrogen-bond donors (Lipinski definition) is 2. The van der Waals surface area contributed by atoms with Gasteiger partial charge in [0.15, 0.2) is 0 Å². The maximum Gasteiger partial charge on any atom is 0.338 e. The number of carbonyl (C=O) groups excluding carboxylic acids is 2. The molecule has 2 N–H and O–H groups in total. The van der Waals surface area contributed by atoms with Crippen molar-refractivity contribution in [3.63, 3.8) is 0 Å². The summed E-state index contributed by atoms with van der Waals surface area (Å²) in [6, 6.07) is 14.8. The number of esters is 1. The molecule has 0 atom stereocenters. The summed E-state index contributed by atoms with van der Waals surface area (Å²) in [5.74, 6) is -0.551. The van der Waals surface area contributed by atoms with Gasteiger partial charge in [-0.05, 0) is 66.6 Å². The second kappa shape index (κ2) is 7.67. The fraction of sp³-hybridized carbons (Fsp3) is 0.200. The molecular weight excluding hydrogens is 376 g/mol. The van der Waals surface area contributed by atoms with Crippen LogP contribution in [0.15, 0.2) is 54.7 Å². The van der Waals surface area contributed by atoms with Crippen LogP contribution >= 0.6 is 0 Å². The average molecular weight is 398 g/mol. The van der Waals surface area contributed by atoms with Crippen molar-refractivity contribution in [2.45, 2.75) is 32.3 Å². The van der Waals surface area contributed by atoms with E-state index in [1.807, 2.05) is 42.6 Å². The number of benzene rings is 2. The molecule has 2 aliphatic rings. The first-order chi connectivity index (χ1) is 14.7. The quantitative estimate of drug-likeness (QED) is 0.492. The smallest absolute Gasteiger partial charge is 0.338 e. The van der Waals surface area contributed by atoms with Crippen LogP contribution in [0.4, 0.5) is 5.69 Å². The second-order valence-electron chi connectivity index (χ2n) is 7.74. The molecule has 1 aliphatic heterocycles. The molecule has 0 fully saturated rings. The molecule has 30 heavy (non-hydrogen) atoms. The number of H-pyrrole nitrogens is 1. The molecule has 5 nitrogen and oxygen atoms in total. The lowest BCUT2D eigenvalue weighted by Crippen LogP contribution is -2.05. The van der Waals surface area contributed by atoms with Gasteiger partial charge in [0.2, 0.25) is 0 Å². The summed E-state index contributed by atoms with van der Waals surface area (Å²) in [4.78, 5) is 28.5. The Bertz CT molecular complexity index is 1160. The minimum atomic E-state index is -0.403. The van der Waals surface area contributed by atoms with E-state index in [-0.39, 0.29) is 12.5 Å². The van der Waals surface area contributed by atoms with Gasteiger partial charge in [-0.2, -0.15) is 0 Å². The van der Waals surface area contributed by atoms with Gasteiger partial charge in [-0.1, -0.05) is 30.3 Å². The molecule has 1 aromatic heterocycles. The van der Waals surface area contributed by atoms with Crippen LogP contribution in [0.5, 0.6) is 0 Å². The molecule has 0 radical (unpaired) electrons. The molecule has 2 aromatic carbocycles. The van der Waals surface area contributed by atoms with Crippen molar-refractivity contribution in [3.05, 3.63) is 88.2 Å². The number of ether oxygens (including phenoxy) is 1. The Balaban J connectivity index is 1.42. The van der Waals surface area contributed by atoms with E-state index in [0.29, 0.717) is 11.1 Å². The Kier molecular flexibility index (Phi) is 4.71. The van der Waals surface area contributed by atoms with Crippen LogP contribution in [0, 0.1) is 0 Å². The number of rotatable bonds is 4. The average Bonchev–Trinajstić information content (AvgIpc) is 3.33. The van der Waals surface area contributed by atoms with E-state index in [4.69, 9.17) is 4.74 Å². The molecule has 0 saturated heterocycles. The van der Waals surface area contributed by atoms with Gasteiger partial charge in [0.05, 0.1) is 5.56 Å². The normalized spacial score (nSPS) is 16.1. The van der Waals surface area contributed by atoms with E-state index < -0.39 is 5.97 Å². The summed E-state index contributed by atoms with van der Waals surface area (Å²) >= 11 is 0. The zero-order valence-corrected chi connectivity index (χ0v) is 16.5. The van der Waals surface area contributed by atoms with Crippen LogP contribution in [0.1, 0.15) is 51.1 Å². The van der Waals surface area contributed by atoms with Gasteiger partial charge in [-0.3, -0.25) is 4.79 Å². The Morgan fingerprint density at radius 1 is 1.07 bits per heavy atom. The molecule has 0 saturated carbocycles. The van der Waals surface area contributed by atoms with E-state index in [0.717, 1.165) is 35.2 Å². The van der Waals surface area contributed by atoms with Gasteiger partial charge in [0.1, 0.15) is 6.61 Å². The SMILES string of the molecule is O=C1Nc2ccc(C(=O)OCc3ccccc3)cc2C1=Cc1c[nH]c2c1CCCC2. The monoisotopic (exact) mass is 398 g/mol. The lowest BCUT2D eigenvalue weighted by atomic mass is 9.93. The number of carbonyl (C=O) groups is 2. The first-order valence-electron chi connectivity index (χ1n) is 10.3. The van der Waals surface area contributed by atoms with Crippen molar-refractivity contribution < 1.29 is 14.3 Å². The van der Waals surface area contributed by atoms with Crippen LogP contribution in [0.25, 0.3) is 11.6 Å². The van der Waals surface area contributed by atoms with Gasteiger partial charge in [0.25, 0.3) is 5.91 Å². The van der Waals surface area contributed by atoms with E-state index in [1.54, 1.807) is 18.2 Å². The third-order valence-electron chi connectivity index (χ3n) is 5.77. The van der Waals surface area contributed by atoms with Crippen molar-refractivity contribution in [1.82, 2.24) is 4.98 Å². The highest BCUT2D eigenvalue weighted by Crippen LogP contribution is 2.35. The van der Waals surface area contributed by atoms with Gasteiger partial charge >= 0.3 is 5.97 Å². The molecule has 1 amide bonds. The minimum absolute atomic E-state index is 0.148. The summed E-state index contributed by atoms with van der Waals surface area (Å²) < 4.78 is 5.45. The maximum absolute atomic E-state index is 12.6. The predicted molar refractivity (Wildman–Crippen MR) is 116 cm³/mol. The van der Waals surface area contributed by atoms with E-state index in [9.17, 15) is 9.59 Å². The van der Waals surface area contributed by atoms with Crippen LogP contribution in [0.2, 0.25) is 0 Å². The summed E-state index contributed by atoms with van der Waals surface area (Å²) in [6.45, 7) is 0.214. The topological polar surface area (TPSA) is 71.2 Å². The standard InChI is InChI=1S/C25H22N2O3/c28-24-21(13-18-14-26-22-9-5-4-8-19(18)22)20-12-17(10-11-23(20)27-24)25(29)30-15-16-6-2-1-3-7-16/h1-3,6-7,10-14,26H,4-5,8-9,15H2,(H,27,28). The highest BCUT2D eigenvalue weighted by molar-refractivity contribution is 6.35. The number of aromatic amines is 1. The van der Waals surface area contributed by atoms with Crippen molar-refractivity contribution in [2.75, 3.05) is 5.32 Å². The Morgan fingerprint density at radius 3 is 2.77 bits per heavy atom. The maximum atomic E-state index is 12.6. The van der Waals surface area contributed by atoms with Crippen LogP contribution in [-0.4, -0.2) is 16.9 Å². The number of nitrogens with one attached hydrogen (secondary N) is 2. The van der Waals surface area contributed by atoms with E-state index >= 15 is 0 Å². The molecule has 0 spiro atoms. The fourth-order valence-electron chi connectivity index (χ4n) is 4.18. The van der Waals surface area contributed by atoms with Crippen molar-refractivity contribution in [2.24, 2.45) is 0 Å². The second-order valence-corrected chi connectivity index (χ2v) is 7.74. The van der Waals surface area contributed by atoms with Crippen molar-refractivity contribution in [1.29, 1.82) is 0 Å². The molecular formula is C25H22N2O3. The Morgan fingerprint density at radius 2 is 1.90 bits per heavy atom. The number of aromatic nitrogens is 1. The number of hydrogen-bond acceptors (Lipinski definition) is 3. The molecule has 5 heteroatoms. The van der Waals surface area contributed by atoms with Gasteiger partial charge in [-0.15, -0.1) is 0 Å². The van der Waals surface area contributed by atoms with Crippen LogP contribution in [-0.2, 0) is 29.0 Å². The van der Waals surface area contributed by atoms with E-state index in [1.165, 1.54) is 24.1 Å². The number of amides is 1. The molecule has 2 heterocycles. The minimum Gasteiger partial charge on any atom is -0.457 e. The predicted octanol–water partition coefficient (Wildman–Crippen LogP) is 4.74. The number of fused-ring (bicyclic) bond motifs is 2. The third kappa shape index (κ3) is 3.43. The Labute approximate surface area is 174 Å². The largest absolute Gasteiger partial charge is 0.457 e. The first kappa shape index (κ1) is 18.4. The third-order valence-corrected chi connectivity index (χ3v) is 5.77. The van der Waals surface area contributed by atoms with Gasteiger partial charge in [0, 0.05) is 28.7 Å².